The van der Waals surface area contributed by atoms with E-state index in [2.05, 4.69) is 22.9 Å². The van der Waals surface area contributed by atoms with E-state index in [0.29, 0.717) is 6.42 Å². The van der Waals surface area contributed by atoms with Gasteiger partial charge in [-0.2, -0.15) is 0 Å². The number of unbranched alkanes of at least 4 members (excludes halogenated alkanes) is 3. The van der Waals surface area contributed by atoms with Crippen molar-refractivity contribution in [1.29, 1.82) is 0 Å². The third-order valence-corrected chi connectivity index (χ3v) is 3.19. The van der Waals surface area contributed by atoms with Gasteiger partial charge in [0.1, 0.15) is 5.82 Å². The van der Waals surface area contributed by atoms with Crippen molar-refractivity contribution < 1.29 is 13.6 Å². The number of carbonyl (C=O) groups excluding carboxylic acids is 1. The summed E-state index contributed by atoms with van der Waals surface area (Å²) >= 11 is 2.95. The van der Waals surface area contributed by atoms with Crippen LogP contribution in [0.25, 0.3) is 0 Å². The molecule has 0 radical (unpaired) electrons. The molecule has 0 bridgehead atoms. The zero-order valence-electron chi connectivity index (χ0n) is 9.73. The second-order valence-corrected chi connectivity index (χ2v) is 4.81. The van der Waals surface area contributed by atoms with Crippen LogP contribution in [-0.2, 0) is 0 Å². The van der Waals surface area contributed by atoms with Crippen LogP contribution in [0.3, 0.4) is 0 Å². The van der Waals surface area contributed by atoms with Gasteiger partial charge < -0.3 is 0 Å². The van der Waals surface area contributed by atoms with Crippen LogP contribution in [0.15, 0.2) is 16.6 Å². The van der Waals surface area contributed by atoms with E-state index in [1.807, 2.05) is 0 Å². The molecular formula is C13H15BrF2O. The Morgan fingerprint density at radius 2 is 1.94 bits per heavy atom. The van der Waals surface area contributed by atoms with Crippen LogP contribution in [0.5, 0.6) is 0 Å². The molecule has 1 nitrogen and oxygen atoms in total. The van der Waals surface area contributed by atoms with Crippen LogP contribution in [0.1, 0.15) is 49.4 Å². The summed E-state index contributed by atoms with van der Waals surface area (Å²) in [6.07, 6.45) is 3.90. The molecule has 17 heavy (non-hydrogen) atoms. The maximum absolute atomic E-state index is 13.6. The van der Waals surface area contributed by atoms with Crippen LogP contribution in [0, 0.1) is 11.6 Å². The molecule has 0 saturated carbocycles. The summed E-state index contributed by atoms with van der Waals surface area (Å²) in [6.45, 7) is 2.06. The zero-order chi connectivity index (χ0) is 12.8. The van der Waals surface area contributed by atoms with Crippen molar-refractivity contribution >= 4 is 21.7 Å². The fourth-order valence-electron chi connectivity index (χ4n) is 1.62. The first-order valence-corrected chi connectivity index (χ1v) is 6.54. The summed E-state index contributed by atoms with van der Waals surface area (Å²) in [5.41, 5.74) is -0.420. The van der Waals surface area contributed by atoms with Crippen molar-refractivity contribution in [2.75, 3.05) is 0 Å². The molecule has 0 fully saturated rings. The molecule has 0 aromatic heterocycles. The number of carbonyl (C=O) groups is 1. The number of Topliss-reactive ketones (excluding diaryl/α,β-unsaturated/α-hetero) is 1. The Hall–Kier alpha value is -0.770. The first kappa shape index (κ1) is 14.3. The van der Waals surface area contributed by atoms with Crippen LogP contribution >= 0.6 is 15.9 Å². The van der Waals surface area contributed by atoms with Gasteiger partial charge in [-0.3, -0.25) is 4.79 Å². The summed E-state index contributed by atoms with van der Waals surface area (Å²) < 4.78 is 27.1. The molecule has 1 rings (SSSR count). The Kier molecular flexibility index (Phi) is 5.75. The van der Waals surface area contributed by atoms with Crippen molar-refractivity contribution in [3.63, 3.8) is 0 Å². The summed E-state index contributed by atoms with van der Waals surface area (Å²) in [4.78, 5) is 11.7. The molecule has 94 valence electrons. The largest absolute Gasteiger partial charge is 0.294 e. The number of rotatable bonds is 6. The fourth-order valence-corrected chi connectivity index (χ4v) is 1.95. The van der Waals surface area contributed by atoms with Crippen molar-refractivity contribution in [3.05, 3.63) is 33.8 Å². The molecule has 0 spiro atoms. The van der Waals surface area contributed by atoms with Gasteiger partial charge in [-0.15, -0.1) is 0 Å². The molecule has 0 atom stereocenters. The van der Waals surface area contributed by atoms with Crippen LogP contribution < -0.4 is 0 Å². The molecule has 0 aliphatic carbocycles. The molecular weight excluding hydrogens is 290 g/mol. The van der Waals surface area contributed by atoms with E-state index in [0.717, 1.165) is 25.3 Å². The fraction of sp³-hybridized carbons (Fsp3) is 0.462. The van der Waals surface area contributed by atoms with Crippen molar-refractivity contribution in [3.8, 4) is 0 Å². The lowest BCUT2D eigenvalue weighted by Gasteiger charge is -2.05. The Bertz CT molecular complexity index is 405. The van der Waals surface area contributed by atoms with E-state index in [-0.39, 0.29) is 10.9 Å². The molecule has 0 N–H and O–H groups in total. The lowest BCUT2D eigenvalue weighted by atomic mass is 10.0. The highest BCUT2D eigenvalue weighted by Gasteiger charge is 2.18. The molecule has 0 aliphatic rings. The summed E-state index contributed by atoms with van der Waals surface area (Å²) in [5.74, 6) is -2.05. The van der Waals surface area contributed by atoms with Crippen LogP contribution in [0.4, 0.5) is 8.78 Å². The van der Waals surface area contributed by atoms with Gasteiger partial charge in [0, 0.05) is 6.42 Å². The van der Waals surface area contributed by atoms with E-state index in [9.17, 15) is 13.6 Å². The number of hydrogen-bond donors (Lipinski definition) is 0. The molecule has 4 heteroatoms. The minimum atomic E-state index is -0.800. The third kappa shape index (κ3) is 3.87. The first-order chi connectivity index (χ1) is 8.07. The predicted octanol–water partition coefficient (Wildman–Crippen LogP) is 4.88. The molecule has 0 amide bonds. The maximum Gasteiger partial charge on any atom is 0.168 e. The Morgan fingerprint density at radius 1 is 1.24 bits per heavy atom. The summed E-state index contributed by atoms with van der Waals surface area (Å²) in [7, 11) is 0. The quantitative estimate of drug-likeness (QED) is 0.416. The van der Waals surface area contributed by atoms with Crippen molar-refractivity contribution in [1.82, 2.24) is 0 Å². The summed E-state index contributed by atoms with van der Waals surface area (Å²) in [5, 5.41) is 0. The molecule has 0 heterocycles. The van der Waals surface area contributed by atoms with Gasteiger partial charge in [0.2, 0.25) is 0 Å². The smallest absolute Gasteiger partial charge is 0.168 e. The van der Waals surface area contributed by atoms with E-state index < -0.39 is 23.0 Å². The van der Waals surface area contributed by atoms with Crippen LogP contribution in [0.2, 0.25) is 0 Å². The van der Waals surface area contributed by atoms with E-state index in [1.54, 1.807) is 0 Å². The summed E-state index contributed by atoms with van der Waals surface area (Å²) in [6, 6.07) is 2.37. The molecule has 0 unspecified atom stereocenters. The highest BCUT2D eigenvalue weighted by Crippen LogP contribution is 2.23. The number of hydrogen-bond acceptors (Lipinski definition) is 1. The topological polar surface area (TPSA) is 17.1 Å². The Balaban J connectivity index is 2.72. The van der Waals surface area contributed by atoms with Crippen molar-refractivity contribution in [2.45, 2.75) is 39.0 Å². The first-order valence-electron chi connectivity index (χ1n) is 5.74. The lowest BCUT2D eigenvalue weighted by molar-refractivity contribution is 0.0971. The second kappa shape index (κ2) is 6.84. The average molecular weight is 305 g/mol. The van der Waals surface area contributed by atoms with Gasteiger partial charge in [0.05, 0.1) is 10.0 Å². The van der Waals surface area contributed by atoms with Gasteiger partial charge in [0.15, 0.2) is 11.6 Å². The Morgan fingerprint density at radius 3 is 2.59 bits per heavy atom. The van der Waals surface area contributed by atoms with Gasteiger partial charge >= 0.3 is 0 Å². The Labute approximate surface area is 108 Å². The van der Waals surface area contributed by atoms with Crippen LogP contribution in [-0.4, -0.2) is 5.78 Å². The average Bonchev–Trinajstić information content (AvgIpc) is 2.30. The number of benzene rings is 1. The number of halogens is 3. The van der Waals surface area contributed by atoms with Gasteiger partial charge in [-0.25, -0.2) is 8.78 Å². The highest BCUT2D eigenvalue weighted by atomic mass is 79.9. The molecule has 1 aromatic rings. The van der Waals surface area contributed by atoms with E-state index in [1.165, 1.54) is 6.07 Å². The highest BCUT2D eigenvalue weighted by molar-refractivity contribution is 9.10. The van der Waals surface area contributed by atoms with Gasteiger partial charge in [-0.05, 0) is 34.5 Å². The second-order valence-electron chi connectivity index (χ2n) is 3.95. The lowest BCUT2D eigenvalue weighted by Crippen LogP contribution is -2.06. The van der Waals surface area contributed by atoms with Crippen molar-refractivity contribution in [2.24, 2.45) is 0 Å². The van der Waals surface area contributed by atoms with Gasteiger partial charge in [0.25, 0.3) is 0 Å². The standard InChI is InChI=1S/C13H15BrF2O/c1-2-3-4-5-6-11(17)12-10(15)8-7-9(14)13(12)16/h7-8H,2-6H2,1H3. The van der Waals surface area contributed by atoms with Gasteiger partial charge in [-0.1, -0.05) is 26.2 Å². The molecule has 0 saturated heterocycles. The minimum absolute atomic E-state index is 0.121. The zero-order valence-corrected chi connectivity index (χ0v) is 11.3. The van der Waals surface area contributed by atoms with E-state index >= 15 is 0 Å². The monoisotopic (exact) mass is 304 g/mol. The van der Waals surface area contributed by atoms with E-state index in [4.69, 9.17) is 0 Å². The SMILES string of the molecule is CCCCCCC(=O)c1c(F)ccc(Br)c1F. The maximum atomic E-state index is 13.6. The molecule has 0 aliphatic heterocycles. The third-order valence-electron chi connectivity index (χ3n) is 2.58. The normalized spacial score (nSPS) is 10.6. The number of ketones is 1. The minimum Gasteiger partial charge on any atom is -0.294 e. The predicted molar refractivity (Wildman–Crippen MR) is 67.1 cm³/mol. The molecule has 1 aromatic carbocycles.